The van der Waals surface area contributed by atoms with Crippen LogP contribution in [-0.2, 0) is 0 Å². The maximum atomic E-state index is 11.9. The van der Waals surface area contributed by atoms with E-state index >= 15 is 0 Å². The van der Waals surface area contributed by atoms with Crippen molar-refractivity contribution >= 4 is 33.4 Å². The first-order valence-corrected chi connectivity index (χ1v) is 6.50. The lowest BCUT2D eigenvalue weighted by molar-refractivity contribution is 0.0921. The van der Waals surface area contributed by atoms with Gasteiger partial charge in [0, 0.05) is 10.9 Å². The molecule has 2 nitrogen and oxygen atoms in total. The lowest BCUT2D eigenvalue weighted by Crippen LogP contribution is -2.44. The number of rotatable bonds is 3. The Morgan fingerprint density at radius 1 is 1.50 bits per heavy atom. The smallest absolute Gasteiger partial charge is 0.253 e. The zero-order chi connectivity index (χ0) is 12.3. The second-order valence-corrected chi connectivity index (χ2v) is 5.42. The van der Waals surface area contributed by atoms with Gasteiger partial charge in [0.25, 0.3) is 5.91 Å². The minimum atomic E-state index is -0.286. The third kappa shape index (κ3) is 3.49. The van der Waals surface area contributed by atoms with Gasteiger partial charge >= 0.3 is 0 Å². The zero-order valence-electron chi connectivity index (χ0n) is 9.60. The number of halogens is 2. The van der Waals surface area contributed by atoms with Crippen molar-refractivity contribution in [2.45, 2.75) is 26.3 Å². The third-order valence-corrected chi connectivity index (χ3v) is 3.87. The molecule has 1 amide bonds. The molecular formula is C12H15BrClNO. The molecule has 1 aromatic rings. The number of carbonyl (C=O) groups is 1. The van der Waals surface area contributed by atoms with Crippen LogP contribution >= 0.6 is 27.5 Å². The minimum Gasteiger partial charge on any atom is -0.346 e. The van der Waals surface area contributed by atoms with Gasteiger partial charge < -0.3 is 5.32 Å². The molecule has 0 saturated heterocycles. The summed E-state index contributed by atoms with van der Waals surface area (Å²) in [6, 6.07) is 5.41. The number of nitrogens with one attached hydrogen (secondary N) is 1. The summed E-state index contributed by atoms with van der Waals surface area (Å²) < 4.78 is 0. The number of alkyl halides is 1. The van der Waals surface area contributed by atoms with Crippen LogP contribution in [0.2, 0.25) is 5.02 Å². The Morgan fingerprint density at radius 3 is 2.62 bits per heavy atom. The molecule has 88 valence electrons. The van der Waals surface area contributed by atoms with Crippen molar-refractivity contribution < 1.29 is 4.79 Å². The van der Waals surface area contributed by atoms with E-state index in [4.69, 9.17) is 11.6 Å². The Labute approximate surface area is 110 Å². The minimum absolute atomic E-state index is 0.144. The fourth-order valence-electron chi connectivity index (χ4n) is 1.21. The van der Waals surface area contributed by atoms with Gasteiger partial charge in [-0.25, -0.2) is 0 Å². The van der Waals surface area contributed by atoms with Crippen molar-refractivity contribution in [3.05, 3.63) is 34.3 Å². The molecule has 1 N–H and O–H groups in total. The maximum Gasteiger partial charge on any atom is 0.253 e. The number of hydrogen-bond acceptors (Lipinski definition) is 1. The first-order valence-electron chi connectivity index (χ1n) is 5.00. The van der Waals surface area contributed by atoms with Crippen molar-refractivity contribution in [1.29, 1.82) is 0 Å². The average molecular weight is 305 g/mol. The summed E-state index contributed by atoms with van der Waals surface area (Å²) in [5, 5.41) is 4.09. The summed E-state index contributed by atoms with van der Waals surface area (Å²) in [6.07, 6.45) is 0. The van der Waals surface area contributed by atoms with Crippen molar-refractivity contribution in [3.8, 4) is 0 Å². The molecule has 0 aliphatic heterocycles. The van der Waals surface area contributed by atoms with Gasteiger partial charge in [-0.2, -0.15) is 0 Å². The first-order chi connectivity index (χ1) is 7.35. The van der Waals surface area contributed by atoms with Gasteiger partial charge in [-0.15, -0.1) is 0 Å². The highest BCUT2D eigenvalue weighted by atomic mass is 79.9. The fraction of sp³-hybridized carbons (Fsp3) is 0.417. The van der Waals surface area contributed by atoms with Crippen LogP contribution in [0.3, 0.4) is 0 Å². The fourth-order valence-corrected chi connectivity index (χ4v) is 1.67. The number of carbonyl (C=O) groups excluding carboxylic acids is 1. The molecule has 0 aliphatic carbocycles. The van der Waals surface area contributed by atoms with Gasteiger partial charge in [-0.05, 0) is 38.5 Å². The molecule has 1 rings (SSSR count). The maximum absolute atomic E-state index is 11.9. The molecule has 0 atom stereocenters. The van der Waals surface area contributed by atoms with Crippen molar-refractivity contribution in [2.75, 3.05) is 5.33 Å². The number of hydrogen-bond donors (Lipinski definition) is 1. The van der Waals surface area contributed by atoms with Gasteiger partial charge in [0.15, 0.2) is 0 Å². The van der Waals surface area contributed by atoms with Crippen molar-refractivity contribution in [1.82, 2.24) is 5.32 Å². The van der Waals surface area contributed by atoms with E-state index in [0.717, 1.165) is 5.56 Å². The predicted octanol–water partition coefficient (Wildman–Crippen LogP) is 3.55. The second-order valence-electron chi connectivity index (χ2n) is 4.45. The topological polar surface area (TPSA) is 29.1 Å². The highest BCUT2D eigenvalue weighted by Crippen LogP contribution is 2.18. The Bertz CT molecular complexity index is 404. The van der Waals surface area contributed by atoms with E-state index < -0.39 is 0 Å². The van der Waals surface area contributed by atoms with Crippen LogP contribution in [0.15, 0.2) is 18.2 Å². The van der Waals surface area contributed by atoms with Crippen molar-refractivity contribution in [2.24, 2.45) is 0 Å². The van der Waals surface area contributed by atoms with Gasteiger partial charge in [-0.3, -0.25) is 4.79 Å². The Kier molecular flexibility index (Phi) is 4.39. The summed E-state index contributed by atoms with van der Waals surface area (Å²) in [6.45, 7) is 5.83. The number of aryl methyl sites for hydroxylation is 1. The summed E-state index contributed by atoms with van der Waals surface area (Å²) >= 11 is 9.38. The van der Waals surface area contributed by atoms with E-state index in [-0.39, 0.29) is 11.4 Å². The standard InChI is InChI=1S/C12H15BrClNO/c1-8-4-5-9(10(14)6-8)11(16)15-12(2,3)7-13/h4-6H,7H2,1-3H3,(H,15,16). The van der Waals surface area contributed by atoms with Crippen molar-refractivity contribution in [3.63, 3.8) is 0 Å². The molecule has 0 saturated carbocycles. The summed E-state index contributed by atoms with van der Waals surface area (Å²) in [4.78, 5) is 11.9. The van der Waals surface area contributed by atoms with E-state index in [1.165, 1.54) is 0 Å². The van der Waals surface area contributed by atoms with Crippen LogP contribution < -0.4 is 5.32 Å². The average Bonchev–Trinajstić information content (AvgIpc) is 2.16. The molecule has 0 radical (unpaired) electrons. The number of benzene rings is 1. The Morgan fingerprint density at radius 2 is 2.12 bits per heavy atom. The lowest BCUT2D eigenvalue weighted by atomic mass is 10.1. The van der Waals surface area contributed by atoms with Gasteiger partial charge in [0.05, 0.1) is 10.6 Å². The van der Waals surface area contributed by atoms with Gasteiger partial charge in [0.2, 0.25) is 0 Å². The molecule has 0 fully saturated rings. The number of amides is 1. The van der Waals surface area contributed by atoms with Gasteiger partial charge in [-0.1, -0.05) is 33.6 Å². The molecule has 0 heterocycles. The SMILES string of the molecule is Cc1ccc(C(=O)NC(C)(C)CBr)c(Cl)c1. The molecular weight excluding hydrogens is 289 g/mol. The first kappa shape index (κ1) is 13.5. The largest absolute Gasteiger partial charge is 0.346 e. The monoisotopic (exact) mass is 303 g/mol. The van der Waals surface area contributed by atoms with E-state index in [1.54, 1.807) is 12.1 Å². The molecule has 0 spiro atoms. The molecule has 0 bridgehead atoms. The summed E-state index contributed by atoms with van der Waals surface area (Å²) in [5.74, 6) is -0.144. The molecule has 16 heavy (non-hydrogen) atoms. The lowest BCUT2D eigenvalue weighted by Gasteiger charge is -2.23. The van der Waals surface area contributed by atoms with E-state index in [0.29, 0.717) is 15.9 Å². The van der Waals surface area contributed by atoms with Crippen LogP contribution in [0.4, 0.5) is 0 Å². The van der Waals surface area contributed by atoms with Crippen LogP contribution in [-0.4, -0.2) is 16.8 Å². The van der Waals surface area contributed by atoms with Crippen LogP contribution in [0.25, 0.3) is 0 Å². The molecule has 1 aromatic carbocycles. The highest BCUT2D eigenvalue weighted by molar-refractivity contribution is 9.09. The molecule has 4 heteroatoms. The van der Waals surface area contributed by atoms with Crippen LogP contribution in [0.5, 0.6) is 0 Å². The summed E-state index contributed by atoms with van der Waals surface area (Å²) in [5.41, 5.74) is 1.27. The Hall–Kier alpha value is -0.540. The van der Waals surface area contributed by atoms with Gasteiger partial charge in [0.1, 0.15) is 0 Å². The quantitative estimate of drug-likeness (QED) is 0.850. The zero-order valence-corrected chi connectivity index (χ0v) is 11.9. The summed E-state index contributed by atoms with van der Waals surface area (Å²) in [7, 11) is 0. The molecule has 0 aromatic heterocycles. The highest BCUT2D eigenvalue weighted by Gasteiger charge is 2.20. The van der Waals surface area contributed by atoms with E-state index in [9.17, 15) is 4.79 Å². The van der Waals surface area contributed by atoms with Crippen LogP contribution in [0, 0.1) is 6.92 Å². The molecule has 0 unspecified atom stereocenters. The van der Waals surface area contributed by atoms with Crippen LogP contribution in [0.1, 0.15) is 29.8 Å². The normalized spacial score (nSPS) is 11.3. The van der Waals surface area contributed by atoms with E-state index in [1.807, 2.05) is 26.8 Å². The predicted molar refractivity (Wildman–Crippen MR) is 71.5 cm³/mol. The molecule has 0 aliphatic rings. The Balaban J connectivity index is 2.89. The third-order valence-electron chi connectivity index (χ3n) is 2.16. The second kappa shape index (κ2) is 5.19. The van der Waals surface area contributed by atoms with E-state index in [2.05, 4.69) is 21.2 Å².